The molecular formula is C101H107N25O10. The molecule has 2 saturated carbocycles. The number of allylic oxidation sites excluding steroid dienone is 6. The summed E-state index contributed by atoms with van der Waals surface area (Å²) in [4.78, 5) is 120. The smallest absolute Gasteiger partial charge is 0.278 e. The van der Waals surface area contributed by atoms with Gasteiger partial charge in [-0.25, -0.2) is 48.0 Å². The number of nitrogens with one attached hydrogen (secondary N) is 3. The molecule has 17 heterocycles. The molecular weight excluding hydrogens is 1720 g/mol. The van der Waals surface area contributed by atoms with Crippen molar-refractivity contribution in [2.45, 2.75) is 159 Å². The van der Waals surface area contributed by atoms with Gasteiger partial charge in [0.2, 0.25) is 23.7 Å². The fourth-order valence-corrected chi connectivity index (χ4v) is 20.5. The molecule has 0 radical (unpaired) electrons. The van der Waals surface area contributed by atoms with Crippen molar-refractivity contribution in [3.8, 4) is 34.4 Å². The van der Waals surface area contributed by atoms with Gasteiger partial charge in [-0.1, -0.05) is 49.3 Å². The van der Waals surface area contributed by atoms with Crippen LogP contribution >= 0.6 is 0 Å². The van der Waals surface area contributed by atoms with E-state index >= 15 is 0 Å². The van der Waals surface area contributed by atoms with Crippen LogP contribution in [0.5, 0.6) is 17.4 Å². The number of benzene rings is 5. The van der Waals surface area contributed by atoms with Crippen LogP contribution in [0.3, 0.4) is 0 Å². The van der Waals surface area contributed by atoms with Gasteiger partial charge in [-0.2, -0.15) is 15.0 Å². The number of pyridine rings is 1. The summed E-state index contributed by atoms with van der Waals surface area (Å²) in [7, 11) is 1.75. The molecule has 35 heteroatoms. The predicted octanol–water partition coefficient (Wildman–Crippen LogP) is 13.7. The molecule has 3 amide bonds. The fraction of sp³-hybridized carbons (Fsp3) is 0.356. The lowest BCUT2D eigenvalue weighted by atomic mass is 9.75. The molecule has 136 heavy (non-hydrogen) atoms. The maximum Gasteiger partial charge on any atom is 0.278 e. The van der Waals surface area contributed by atoms with Crippen molar-refractivity contribution < 1.29 is 33.3 Å². The number of aryl methyl sites for hydroxylation is 2. The number of amides is 3. The van der Waals surface area contributed by atoms with Crippen molar-refractivity contribution in [2.75, 3.05) is 103 Å². The number of likely N-dealkylation sites (tertiary alicyclic amines) is 1. The number of aromatic nitrogens is 16. The minimum atomic E-state index is -0.206. The molecule has 24 rings (SSSR count). The van der Waals surface area contributed by atoms with Gasteiger partial charge in [-0.15, -0.1) is 0 Å². The number of nitrogens with two attached hydrogens (primary N) is 2. The van der Waals surface area contributed by atoms with Gasteiger partial charge >= 0.3 is 0 Å². The number of rotatable bonds is 16. The van der Waals surface area contributed by atoms with Gasteiger partial charge in [-0.05, 0) is 212 Å². The Labute approximate surface area is 780 Å². The lowest BCUT2D eigenvalue weighted by molar-refractivity contribution is -0.122. The summed E-state index contributed by atoms with van der Waals surface area (Å²) in [6, 6.07) is 38.7. The molecule has 9 aliphatic rings. The lowest BCUT2D eigenvalue weighted by Gasteiger charge is -2.38. The number of nitrogens with zero attached hydrogens (tertiary/aromatic N) is 20. The van der Waals surface area contributed by atoms with E-state index in [0.29, 0.717) is 148 Å². The molecule has 696 valence electrons. The van der Waals surface area contributed by atoms with Crippen molar-refractivity contribution >= 4 is 135 Å². The van der Waals surface area contributed by atoms with Gasteiger partial charge in [0.1, 0.15) is 33.3 Å². The van der Waals surface area contributed by atoms with Crippen LogP contribution in [-0.2, 0) is 51.8 Å². The SMILES string of the molecule is COCCN1CCC(n2ccc3cc(Nc4ncc5c(=O)n6n(c5n4)-c4cnc5c(c4)N(CCCC=CC6)C(=O)CO5)ccc32)CC1.NC1(CCn2ccc3cc(Nc4ncc5c(=O)n6n(c5n4)-c4ccc5c(c4)N(CCCC=CC6)C(=O)CO5)ccc32)CCC1.NC1(CCn2ccc3cc(Nc4ncc5c(=O)n6n(c5n4)-c4ccc5c(c4)N(CCCC=CC6)C(=O)CO5)ccc32)CCCC1. The standard InChI is InChI=1S/C34H37N9O4.C34H36N8O3.C33H34N8O3/c1-46-17-16-39-13-9-25(10-14-39)40-15-8-23-18-24(6-7-28(23)40)37-34-36-21-27-31(38-34)43-26-19-29-32(35-20-26)47-22-30(44)41(29)11-4-2-3-5-12-42(43)33(27)45;35-34(12-3-4-13-34)14-18-39-17-11-23-19-24(7-9-27(23)39)37-33-36-21-26-31(38-33)42-25-8-10-29-28(20-25)40(30(43)22-45-29)15-5-1-2-6-16-41(42)32(26)44;34-33(11-5-12-33)13-17-38-16-10-22-18-23(6-8-26(22)38)36-32-35-20-25-30(37-32)41-24-7-9-28-27(19-24)39(29(42)21-44-28)14-3-1-2-4-15-40(41)31(25)43/h3,5-8,15,18-21,25H,2,4,9-14,16-17,22H2,1H3,(H,36,37,38);2,6-11,17,19-21H,1,3-5,12-16,18,22,35H2,(H,36,37,38);2,4,6-10,16,18-20H,1,3,5,11-15,17,21,34H2,(H,35,36,37). The van der Waals surface area contributed by atoms with Crippen molar-refractivity contribution in [1.29, 1.82) is 0 Å². The van der Waals surface area contributed by atoms with E-state index in [1.165, 1.54) is 24.8 Å². The highest BCUT2D eigenvalue weighted by atomic mass is 16.5. The zero-order valence-corrected chi connectivity index (χ0v) is 75.9. The molecule has 10 aromatic heterocycles. The number of piperidine rings is 1. The molecule has 7 aliphatic heterocycles. The predicted molar refractivity (Wildman–Crippen MR) is 523 cm³/mol. The molecule has 5 aromatic carbocycles. The summed E-state index contributed by atoms with van der Waals surface area (Å²) in [5, 5.41) is 14.6. The van der Waals surface area contributed by atoms with E-state index in [-0.39, 0.29) is 65.3 Å². The van der Waals surface area contributed by atoms with Gasteiger partial charge < -0.3 is 79.7 Å². The second kappa shape index (κ2) is 36.5. The van der Waals surface area contributed by atoms with Crippen LogP contribution in [0.4, 0.5) is 52.0 Å². The summed E-state index contributed by atoms with van der Waals surface area (Å²) >= 11 is 0. The van der Waals surface area contributed by atoms with Crippen molar-refractivity contribution in [3.63, 3.8) is 0 Å². The van der Waals surface area contributed by atoms with Crippen molar-refractivity contribution in [3.05, 3.63) is 226 Å². The van der Waals surface area contributed by atoms with Crippen molar-refractivity contribution in [2.24, 2.45) is 11.5 Å². The molecule has 3 fully saturated rings. The summed E-state index contributed by atoms with van der Waals surface area (Å²) in [6.07, 6.45) is 42.0. The zero-order chi connectivity index (χ0) is 92.3. The lowest BCUT2D eigenvalue weighted by Crippen LogP contribution is -2.47. The first kappa shape index (κ1) is 86.6. The minimum Gasteiger partial charge on any atom is -0.482 e. The van der Waals surface area contributed by atoms with E-state index in [9.17, 15) is 28.8 Å². The van der Waals surface area contributed by atoms with Gasteiger partial charge in [0.25, 0.3) is 34.4 Å². The number of methoxy groups -OCH3 is 1. The monoisotopic (exact) mass is 1830 g/mol. The van der Waals surface area contributed by atoms with Crippen molar-refractivity contribution in [1.82, 2.24) is 81.6 Å². The molecule has 0 unspecified atom stereocenters. The van der Waals surface area contributed by atoms with Crippen LogP contribution in [0.2, 0.25) is 0 Å². The Bertz CT molecular complexity index is 7490. The van der Waals surface area contributed by atoms with Gasteiger partial charge in [-0.3, -0.25) is 28.8 Å². The second-order valence-corrected chi connectivity index (χ2v) is 36.8. The molecule has 35 nitrogen and oxygen atoms in total. The molecule has 15 aromatic rings. The minimum absolute atomic E-state index is 0.0106. The molecule has 1 saturated heterocycles. The third-order valence-corrected chi connectivity index (χ3v) is 28.1. The van der Waals surface area contributed by atoms with Crippen LogP contribution in [0, 0.1) is 0 Å². The van der Waals surface area contributed by atoms with E-state index in [0.717, 1.165) is 173 Å². The van der Waals surface area contributed by atoms with E-state index in [1.807, 2.05) is 94.3 Å². The number of fused-ring (bicyclic) bond motifs is 18. The first-order valence-corrected chi connectivity index (χ1v) is 47.4. The van der Waals surface area contributed by atoms with Gasteiger partial charge in [0, 0.05) is 164 Å². The second-order valence-electron chi connectivity index (χ2n) is 36.8. The van der Waals surface area contributed by atoms with Crippen LogP contribution in [0.25, 0.3) is 82.9 Å². The first-order chi connectivity index (χ1) is 66.5. The van der Waals surface area contributed by atoms with Crippen LogP contribution in [0.15, 0.2) is 209 Å². The van der Waals surface area contributed by atoms with E-state index in [4.69, 9.17) is 45.4 Å². The van der Waals surface area contributed by atoms with Crippen LogP contribution < -0.4 is 73.0 Å². The Morgan fingerprint density at radius 1 is 0.419 bits per heavy atom. The summed E-state index contributed by atoms with van der Waals surface area (Å²) in [5.41, 5.74) is 23.9. The average Bonchev–Trinajstić information content (AvgIpc) is 1.58. The first-order valence-electron chi connectivity index (χ1n) is 47.4. The quantitative estimate of drug-likeness (QED) is 0.0561. The highest BCUT2D eigenvalue weighted by molar-refractivity contribution is 6.00. The Morgan fingerprint density at radius 2 is 0.838 bits per heavy atom. The maximum atomic E-state index is 13.6. The largest absolute Gasteiger partial charge is 0.482 e. The normalized spacial score (nSPS) is 17.5. The van der Waals surface area contributed by atoms with E-state index in [2.05, 4.69) is 140 Å². The number of anilines is 9. The Morgan fingerprint density at radius 3 is 1.29 bits per heavy atom. The van der Waals surface area contributed by atoms with E-state index < -0.39 is 0 Å². The summed E-state index contributed by atoms with van der Waals surface area (Å²) in [5.74, 6) is 2.57. The summed E-state index contributed by atoms with van der Waals surface area (Å²) < 4.78 is 39.6. The van der Waals surface area contributed by atoms with Gasteiger partial charge in [0.05, 0.1) is 60.9 Å². The number of ether oxygens (including phenoxy) is 4. The Balaban J connectivity index is 0.000000118. The third-order valence-electron chi connectivity index (χ3n) is 28.1. The Kier molecular flexibility index (Phi) is 23.3. The highest BCUT2D eigenvalue weighted by Gasteiger charge is 2.36. The number of hydrogen-bond acceptors (Lipinski definition) is 23. The average molecular weight is 1830 g/mol. The maximum absolute atomic E-state index is 13.6. The molecule has 0 spiro atoms. The summed E-state index contributed by atoms with van der Waals surface area (Å²) in [6.45, 7) is 8.56. The van der Waals surface area contributed by atoms with Crippen LogP contribution in [-0.4, -0.2) is 183 Å². The third kappa shape index (κ3) is 16.9. The highest BCUT2D eigenvalue weighted by Crippen LogP contribution is 2.42. The number of carbonyl (C=O) groups excluding carboxylic acids is 3. The van der Waals surface area contributed by atoms with Crippen LogP contribution in [0.1, 0.15) is 115 Å². The molecule has 6 bridgehead atoms. The zero-order valence-electron chi connectivity index (χ0n) is 75.9. The number of hydrogen-bond donors (Lipinski definition) is 5. The fourth-order valence-electron chi connectivity index (χ4n) is 20.5. The van der Waals surface area contributed by atoms with Gasteiger partial charge in [0.15, 0.2) is 36.8 Å². The molecule has 7 N–H and O–H groups in total. The topological polar surface area (TPSA) is 375 Å². The Hall–Kier alpha value is -14.8. The van der Waals surface area contributed by atoms with E-state index in [1.54, 1.807) is 65.3 Å². The molecule has 0 atom stereocenters. The molecule has 2 aliphatic carbocycles. The number of carbonyl (C=O) groups is 3.